The van der Waals surface area contributed by atoms with Gasteiger partial charge in [-0.25, -0.2) is 0 Å². The van der Waals surface area contributed by atoms with Crippen molar-refractivity contribution >= 4 is 0 Å². The van der Waals surface area contributed by atoms with Crippen molar-refractivity contribution in [1.29, 1.82) is 0 Å². The average molecular weight is 244 g/mol. The number of nitrogens with zero attached hydrogens (tertiary/aromatic N) is 1. The quantitative estimate of drug-likeness (QED) is 0.879. The van der Waals surface area contributed by atoms with Crippen LogP contribution < -0.4 is 5.32 Å². The van der Waals surface area contributed by atoms with E-state index < -0.39 is 0 Å². The minimum atomic E-state index is 0.503. The predicted octanol–water partition coefficient (Wildman–Crippen LogP) is 2.82. The molecule has 2 aliphatic rings. The first-order chi connectivity index (χ1) is 8.75. The zero-order valence-corrected chi connectivity index (χ0v) is 11.5. The second-order valence-electron chi connectivity index (χ2n) is 6.00. The van der Waals surface area contributed by atoms with Crippen LogP contribution in [0.25, 0.3) is 0 Å². The number of rotatable bonds is 3. The van der Waals surface area contributed by atoms with E-state index in [0.717, 1.165) is 25.0 Å². The van der Waals surface area contributed by atoms with Crippen molar-refractivity contribution in [1.82, 2.24) is 10.2 Å². The van der Waals surface area contributed by atoms with Crippen LogP contribution in [-0.4, -0.2) is 30.1 Å². The van der Waals surface area contributed by atoms with Crippen LogP contribution in [0, 0.1) is 5.92 Å². The summed E-state index contributed by atoms with van der Waals surface area (Å²) >= 11 is 0. The van der Waals surface area contributed by atoms with Crippen molar-refractivity contribution in [3.8, 4) is 0 Å². The van der Waals surface area contributed by atoms with Gasteiger partial charge in [0.05, 0.1) is 0 Å². The average Bonchev–Trinajstić information content (AvgIpc) is 3.24. The molecular formula is C16H24N2. The summed E-state index contributed by atoms with van der Waals surface area (Å²) in [4.78, 5) is 2.71. The van der Waals surface area contributed by atoms with E-state index in [4.69, 9.17) is 0 Å². The molecule has 0 bridgehead atoms. The van der Waals surface area contributed by atoms with E-state index in [1.807, 2.05) is 0 Å². The minimum absolute atomic E-state index is 0.503. The third-order valence-electron chi connectivity index (χ3n) is 4.65. The summed E-state index contributed by atoms with van der Waals surface area (Å²) in [6.07, 6.45) is 2.88. The van der Waals surface area contributed by atoms with Crippen molar-refractivity contribution in [2.75, 3.05) is 13.1 Å². The van der Waals surface area contributed by atoms with E-state index >= 15 is 0 Å². The van der Waals surface area contributed by atoms with Gasteiger partial charge in [-0.05, 0) is 38.2 Å². The highest BCUT2D eigenvalue weighted by atomic mass is 15.3. The molecule has 98 valence electrons. The van der Waals surface area contributed by atoms with Gasteiger partial charge in [0, 0.05) is 31.2 Å². The smallest absolute Gasteiger partial charge is 0.0450 e. The summed E-state index contributed by atoms with van der Waals surface area (Å²) in [5.41, 5.74) is 1.43. The Morgan fingerprint density at radius 1 is 1.22 bits per heavy atom. The Morgan fingerprint density at radius 3 is 2.61 bits per heavy atom. The van der Waals surface area contributed by atoms with E-state index in [1.54, 1.807) is 0 Å². The standard InChI is InChI=1S/C16H24N2/c1-12-10-17-16(15-6-4-3-5-7-15)11-18(12)13(2)14-8-9-14/h3-7,12-14,16-17H,8-11H2,1-2H3. The molecule has 2 fully saturated rings. The molecule has 1 heterocycles. The molecule has 3 unspecified atom stereocenters. The van der Waals surface area contributed by atoms with Crippen LogP contribution in [0.3, 0.4) is 0 Å². The summed E-state index contributed by atoms with van der Waals surface area (Å²) in [6, 6.07) is 12.8. The van der Waals surface area contributed by atoms with E-state index in [0.29, 0.717) is 12.1 Å². The fourth-order valence-electron chi connectivity index (χ4n) is 3.21. The van der Waals surface area contributed by atoms with Crippen LogP contribution in [0.5, 0.6) is 0 Å². The van der Waals surface area contributed by atoms with E-state index in [-0.39, 0.29) is 0 Å². The van der Waals surface area contributed by atoms with Gasteiger partial charge in [-0.1, -0.05) is 30.3 Å². The lowest BCUT2D eigenvalue weighted by molar-refractivity contribution is 0.0880. The highest BCUT2D eigenvalue weighted by Gasteiger charge is 2.36. The van der Waals surface area contributed by atoms with Crippen molar-refractivity contribution in [3.63, 3.8) is 0 Å². The third kappa shape index (κ3) is 2.45. The fraction of sp³-hybridized carbons (Fsp3) is 0.625. The second-order valence-corrected chi connectivity index (χ2v) is 6.00. The molecule has 2 heteroatoms. The van der Waals surface area contributed by atoms with Gasteiger partial charge in [-0.15, -0.1) is 0 Å². The number of hydrogen-bond acceptors (Lipinski definition) is 2. The minimum Gasteiger partial charge on any atom is -0.307 e. The molecular weight excluding hydrogens is 220 g/mol. The summed E-state index contributed by atoms with van der Waals surface area (Å²) in [5, 5.41) is 3.69. The van der Waals surface area contributed by atoms with Crippen molar-refractivity contribution in [2.24, 2.45) is 5.92 Å². The number of hydrogen-bond donors (Lipinski definition) is 1. The molecule has 3 rings (SSSR count). The van der Waals surface area contributed by atoms with Gasteiger partial charge in [0.1, 0.15) is 0 Å². The van der Waals surface area contributed by atoms with Crippen LogP contribution in [0.15, 0.2) is 30.3 Å². The summed E-state index contributed by atoms with van der Waals surface area (Å²) in [7, 11) is 0. The molecule has 1 aromatic carbocycles. The van der Waals surface area contributed by atoms with Gasteiger partial charge in [-0.2, -0.15) is 0 Å². The molecule has 0 aromatic heterocycles. The summed E-state index contributed by atoms with van der Waals surface area (Å²) in [6.45, 7) is 7.04. The maximum Gasteiger partial charge on any atom is 0.0450 e. The fourth-order valence-corrected chi connectivity index (χ4v) is 3.21. The second kappa shape index (κ2) is 5.02. The lowest BCUT2D eigenvalue weighted by atomic mass is 9.99. The molecule has 0 radical (unpaired) electrons. The molecule has 1 aliphatic heterocycles. The molecule has 0 spiro atoms. The van der Waals surface area contributed by atoms with Crippen LogP contribution in [0.4, 0.5) is 0 Å². The Kier molecular flexibility index (Phi) is 3.40. The van der Waals surface area contributed by atoms with Gasteiger partial charge in [0.25, 0.3) is 0 Å². The molecule has 1 saturated heterocycles. The maximum absolute atomic E-state index is 3.69. The Bertz CT molecular complexity index is 385. The topological polar surface area (TPSA) is 15.3 Å². The molecule has 1 aliphatic carbocycles. The zero-order chi connectivity index (χ0) is 12.5. The Balaban J connectivity index is 1.71. The highest BCUT2D eigenvalue weighted by molar-refractivity contribution is 5.20. The van der Waals surface area contributed by atoms with E-state index in [9.17, 15) is 0 Å². The van der Waals surface area contributed by atoms with Crippen LogP contribution in [0.1, 0.15) is 38.3 Å². The summed E-state index contributed by atoms with van der Waals surface area (Å²) in [5.74, 6) is 0.960. The molecule has 3 atom stereocenters. The van der Waals surface area contributed by atoms with E-state index in [2.05, 4.69) is 54.4 Å². The van der Waals surface area contributed by atoms with Crippen LogP contribution in [0.2, 0.25) is 0 Å². The first kappa shape index (κ1) is 12.2. The molecule has 0 amide bonds. The van der Waals surface area contributed by atoms with Crippen molar-refractivity contribution in [2.45, 2.75) is 44.8 Å². The monoisotopic (exact) mass is 244 g/mol. The zero-order valence-electron chi connectivity index (χ0n) is 11.5. The molecule has 2 nitrogen and oxygen atoms in total. The van der Waals surface area contributed by atoms with Gasteiger partial charge in [0.15, 0.2) is 0 Å². The summed E-state index contributed by atoms with van der Waals surface area (Å²) < 4.78 is 0. The Hall–Kier alpha value is -0.860. The number of piperazine rings is 1. The molecule has 1 N–H and O–H groups in total. The Morgan fingerprint density at radius 2 is 1.94 bits per heavy atom. The predicted molar refractivity (Wildman–Crippen MR) is 75.5 cm³/mol. The van der Waals surface area contributed by atoms with E-state index in [1.165, 1.54) is 18.4 Å². The van der Waals surface area contributed by atoms with Crippen molar-refractivity contribution in [3.05, 3.63) is 35.9 Å². The first-order valence-electron chi connectivity index (χ1n) is 7.30. The third-order valence-corrected chi connectivity index (χ3v) is 4.65. The molecule has 1 saturated carbocycles. The lowest BCUT2D eigenvalue weighted by Crippen LogP contribution is -2.54. The first-order valence-corrected chi connectivity index (χ1v) is 7.30. The maximum atomic E-state index is 3.69. The highest BCUT2D eigenvalue weighted by Crippen LogP contribution is 2.37. The van der Waals surface area contributed by atoms with Crippen LogP contribution >= 0.6 is 0 Å². The lowest BCUT2D eigenvalue weighted by Gasteiger charge is -2.42. The number of nitrogens with one attached hydrogen (secondary N) is 1. The largest absolute Gasteiger partial charge is 0.307 e. The van der Waals surface area contributed by atoms with Gasteiger partial charge in [0.2, 0.25) is 0 Å². The normalized spacial score (nSPS) is 31.2. The Labute approximate surface area is 110 Å². The van der Waals surface area contributed by atoms with Gasteiger partial charge < -0.3 is 5.32 Å². The SMILES string of the molecule is CC1CNC(c2ccccc2)CN1C(C)C1CC1. The molecule has 18 heavy (non-hydrogen) atoms. The molecule has 1 aromatic rings. The number of benzene rings is 1. The van der Waals surface area contributed by atoms with Crippen LogP contribution in [-0.2, 0) is 0 Å². The van der Waals surface area contributed by atoms with Crippen molar-refractivity contribution < 1.29 is 0 Å². The van der Waals surface area contributed by atoms with Gasteiger partial charge >= 0.3 is 0 Å². The van der Waals surface area contributed by atoms with Gasteiger partial charge in [-0.3, -0.25) is 4.90 Å².